The van der Waals surface area contributed by atoms with E-state index in [4.69, 9.17) is 138 Å². The fraction of sp³-hybridized carbons (Fsp3) is 0. The van der Waals surface area contributed by atoms with Gasteiger partial charge in [0.25, 0.3) is 0 Å². The van der Waals surface area contributed by atoms with E-state index in [1.807, 2.05) is 0 Å². The Balaban J connectivity index is -0.0000000184. The van der Waals surface area contributed by atoms with Gasteiger partial charge in [-0.05, 0) is 0 Å². The van der Waals surface area contributed by atoms with Crippen LogP contribution < -0.4 is 0 Å². The van der Waals surface area contributed by atoms with Gasteiger partial charge in [0.2, 0.25) is 0 Å². The smallest absolute Gasteiger partial charge is 0.356 e. The molecule has 0 saturated carbocycles. The third kappa shape index (κ3) is 2380. The molecule has 0 heterocycles. The zero-order valence-electron chi connectivity index (χ0n) is 17.2. The molecule has 0 fully saturated rings. The van der Waals surface area contributed by atoms with Crippen LogP contribution >= 0.6 is 0 Å². The summed E-state index contributed by atoms with van der Waals surface area (Å²) in [5.41, 5.74) is 0. The van der Waals surface area contributed by atoms with Crippen molar-refractivity contribution in [2.45, 2.75) is 0 Å². The number of nitrogens with zero attached hydrogens (tertiary/aromatic N) is 9. The van der Waals surface area contributed by atoms with Gasteiger partial charge in [0.05, 0.1) is 45.8 Å². The minimum Gasteiger partial charge on any atom is -0.356 e. The van der Waals surface area contributed by atoms with Gasteiger partial charge in [0.1, 0.15) is 0 Å². The van der Waals surface area contributed by atoms with Crippen molar-refractivity contribution in [1.82, 2.24) is 0 Å². The van der Waals surface area contributed by atoms with Crippen LogP contribution in [0.2, 0.25) is 0 Å². The number of hydrogen-bond acceptors (Lipinski definition) is 27. The van der Waals surface area contributed by atoms with E-state index in [9.17, 15) is 0 Å². The maximum Gasteiger partial charge on any atom is 3.00 e. The molecule has 0 N–H and O–H groups in total. The fourth-order valence-electron chi connectivity index (χ4n) is 0. The Bertz CT molecular complexity index is 434. The van der Waals surface area contributed by atoms with Gasteiger partial charge >= 0.3 is 103 Å². The van der Waals surface area contributed by atoms with Gasteiger partial charge in [0, 0.05) is 0 Å². The van der Waals surface area contributed by atoms with E-state index >= 15 is 0 Å². The topological polar surface area (TPSA) is 596 Å². The van der Waals surface area contributed by atoms with Crippen molar-refractivity contribution in [1.29, 1.82) is 0 Å². The maximum absolute atomic E-state index is 8.25. The second kappa shape index (κ2) is 76.5. The molecule has 0 rings (SSSR count). The molecular formula is BaCrCuN9O27Zn. The van der Waals surface area contributed by atoms with E-state index in [0.29, 0.717) is 0 Å². The van der Waals surface area contributed by atoms with Crippen LogP contribution in [0, 0.1) is 138 Å². The molecule has 40 heteroatoms. The van der Waals surface area contributed by atoms with Crippen molar-refractivity contribution in [3.05, 3.63) is 138 Å². The van der Waals surface area contributed by atoms with Crippen LogP contribution in [-0.4, -0.2) is 94.7 Å². The average molecular weight is 876 g/mol. The van der Waals surface area contributed by atoms with E-state index in [1.54, 1.807) is 0 Å². The molecule has 0 amide bonds. The van der Waals surface area contributed by atoms with Gasteiger partial charge in [-0.15, -0.1) is 0 Å². The predicted molar refractivity (Wildman–Crippen MR) is 99.0 cm³/mol. The Morgan fingerprint density at radius 1 is 0.250 bits per heavy atom. The van der Waals surface area contributed by atoms with Crippen molar-refractivity contribution >= 4 is 48.9 Å². The molecule has 0 aliphatic rings. The zero-order valence-corrected chi connectivity index (χ0v) is 26.8. The van der Waals surface area contributed by atoms with Crippen molar-refractivity contribution in [2.75, 3.05) is 0 Å². The first-order chi connectivity index (χ1) is 15.6. The van der Waals surface area contributed by atoms with Crippen molar-refractivity contribution in [3.63, 3.8) is 0 Å². The number of hydrogen-bond donors (Lipinski definition) is 0. The summed E-state index contributed by atoms with van der Waals surface area (Å²) in [5, 5.41) is 133. The van der Waals surface area contributed by atoms with Crippen molar-refractivity contribution in [2.24, 2.45) is 0 Å². The molecule has 0 aromatic carbocycles. The predicted octanol–water partition coefficient (Wildman–Crippen LogP) is -2.54. The SMILES string of the molecule is O=[N+]([O-])[O-].O=[N+]([O-])[O-].O=[N+]([O-])[O-].O=[N+]([O-])[O-].O=[N+]([O-])[O-].O=[N+]([O-])[O-].O=[N+]([O-])[O-].O=[N+]([O-])[O-].O=[N+]([O-])[O-].[Ba+2].[Cr+3].[Cu+2].[Zn+2]. The summed E-state index contributed by atoms with van der Waals surface area (Å²) in [7, 11) is 0. The van der Waals surface area contributed by atoms with Crippen LogP contribution in [0.1, 0.15) is 0 Å². The van der Waals surface area contributed by atoms with Gasteiger partial charge in [-0.1, -0.05) is 0 Å². The summed E-state index contributed by atoms with van der Waals surface area (Å²) in [4.78, 5) is 74.2. The van der Waals surface area contributed by atoms with Crippen LogP contribution in [0.25, 0.3) is 0 Å². The molecule has 0 aromatic heterocycles. The fourth-order valence-corrected chi connectivity index (χ4v) is 0. The first-order valence-corrected chi connectivity index (χ1v) is 4.93. The Kier molecular flexibility index (Phi) is 159. The van der Waals surface area contributed by atoms with E-state index in [1.165, 1.54) is 0 Å². The Morgan fingerprint density at radius 3 is 0.250 bits per heavy atom. The van der Waals surface area contributed by atoms with Crippen LogP contribution in [0.3, 0.4) is 0 Å². The second-order valence-electron chi connectivity index (χ2n) is 2.01. The van der Waals surface area contributed by atoms with Crippen LogP contribution in [-0.2, 0) is 53.9 Å². The van der Waals surface area contributed by atoms with Gasteiger partial charge in [-0.2, -0.15) is 0 Å². The van der Waals surface area contributed by atoms with Crippen molar-refractivity contribution < 1.29 is 99.7 Å². The van der Waals surface area contributed by atoms with E-state index < -0.39 is 45.8 Å². The Morgan fingerprint density at radius 2 is 0.250 bits per heavy atom. The second-order valence-corrected chi connectivity index (χ2v) is 2.01. The summed E-state index contributed by atoms with van der Waals surface area (Å²) in [6.07, 6.45) is 0. The molecule has 0 bridgehead atoms. The van der Waals surface area contributed by atoms with Crippen LogP contribution in [0.4, 0.5) is 0 Å². The molecule has 0 atom stereocenters. The summed E-state index contributed by atoms with van der Waals surface area (Å²) < 4.78 is 0. The van der Waals surface area contributed by atoms with Gasteiger partial charge in [-0.3, -0.25) is 0 Å². The normalized spacial score (nSPS) is 5.40. The molecule has 0 unspecified atom stereocenters. The molecule has 36 nitrogen and oxygen atoms in total. The molecule has 0 saturated heterocycles. The van der Waals surface area contributed by atoms with Crippen LogP contribution in [0.5, 0.6) is 0 Å². The zero-order chi connectivity index (χ0) is 32.2. The minimum atomic E-state index is -1.75. The van der Waals surface area contributed by atoms with E-state index in [-0.39, 0.29) is 103 Å². The first kappa shape index (κ1) is 83.4. The third-order valence-electron chi connectivity index (χ3n) is 0. The molecule has 0 aliphatic carbocycles. The number of rotatable bonds is 0. The minimum absolute atomic E-state index is 0. The molecule has 0 spiro atoms. The summed E-state index contributed by atoms with van der Waals surface area (Å²) >= 11 is 0. The molecular weight excluding hydrogens is 876 g/mol. The van der Waals surface area contributed by atoms with Gasteiger partial charge in [0.15, 0.2) is 0 Å². The Hall–Kier alpha value is -3.95. The molecule has 0 aromatic rings. The molecule has 0 aliphatic heterocycles. The van der Waals surface area contributed by atoms with E-state index in [2.05, 4.69) is 0 Å². The standard InChI is InChI=1S/Ba.Cr.Cu.9NO3.Zn/c;;;9*2-1(3)4;/q+2;+3;+2;9*-1;+2. The maximum atomic E-state index is 8.25. The monoisotopic (exact) mass is 875 g/mol. The quantitative estimate of drug-likeness (QED) is 0.137. The van der Waals surface area contributed by atoms with Crippen molar-refractivity contribution in [3.8, 4) is 0 Å². The molecule has 228 valence electrons. The molecule has 40 heavy (non-hydrogen) atoms. The Labute approximate surface area is 284 Å². The third-order valence-corrected chi connectivity index (χ3v) is 0. The molecule has 2 radical (unpaired) electrons. The largest absolute Gasteiger partial charge is 3.00 e. The average Bonchev–Trinajstić information content (AvgIpc) is 2.39. The summed E-state index contributed by atoms with van der Waals surface area (Å²) in [5.74, 6) is 0. The van der Waals surface area contributed by atoms with Gasteiger partial charge in [-0.25, -0.2) is 0 Å². The van der Waals surface area contributed by atoms with Crippen LogP contribution in [0.15, 0.2) is 0 Å². The van der Waals surface area contributed by atoms with E-state index in [0.717, 1.165) is 0 Å². The van der Waals surface area contributed by atoms with Gasteiger partial charge < -0.3 is 138 Å². The summed E-state index contributed by atoms with van der Waals surface area (Å²) in [6.45, 7) is 0. The summed E-state index contributed by atoms with van der Waals surface area (Å²) in [6, 6.07) is 0. The first-order valence-electron chi connectivity index (χ1n) is 4.93.